The summed E-state index contributed by atoms with van der Waals surface area (Å²) in [4.78, 5) is 13.5. The zero-order chi connectivity index (χ0) is 9.84. The highest BCUT2D eigenvalue weighted by Gasteiger charge is 2.28. The number of carbonyl (C=O) groups excluding carboxylic acids is 1. The molecule has 5 heteroatoms. The summed E-state index contributed by atoms with van der Waals surface area (Å²) in [5.41, 5.74) is 10.6. The number of likely N-dealkylation sites (tertiary alicyclic amines) is 1. The van der Waals surface area contributed by atoms with Crippen LogP contribution in [0.1, 0.15) is 19.3 Å². The van der Waals surface area contributed by atoms with E-state index in [1.807, 2.05) is 0 Å². The molecule has 0 aliphatic carbocycles. The second-order valence-electron chi connectivity index (χ2n) is 3.31. The van der Waals surface area contributed by atoms with Gasteiger partial charge < -0.3 is 11.5 Å². The molecule has 0 spiro atoms. The van der Waals surface area contributed by atoms with E-state index >= 15 is 0 Å². The minimum atomic E-state index is -0.236. The van der Waals surface area contributed by atoms with Gasteiger partial charge >= 0.3 is 0 Å². The number of nitrogens with two attached hydrogens (primary N) is 2. The summed E-state index contributed by atoms with van der Waals surface area (Å²) in [5, 5.41) is 0. The summed E-state index contributed by atoms with van der Waals surface area (Å²) in [6.07, 6.45) is 2.57. The van der Waals surface area contributed by atoms with Crippen molar-refractivity contribution in [3.8, 4) is 0 Å². The molecule has 13 heavy (non-hydrogen) atoms. The van der Waals surface area contributed by atoms with Crippen molar-refractivity contribution in [3.05, 3.63) is 0 Å². The zero-order valence-corrected chi connectivity index (χ0v) is 8.35. The van der Waals surface area contributed by atoms with Crippen LogP contribution >= 0.6 is 12.2 Å². The quantitative estimate of drug-likeness (QED) is 0.608. The number of thiocarbonyl (C=S) groups is 1. The Balaban J connectivity index is 2.39. The van der Waals surface area contributed by atoms with Crippen molar-refractivity contribution in [2.75, 3.05) is 13.1 Å². The van der Waals surface area contributed by atoms with Gasteiger partial charge in [-0.15, -0.1) is 0 Å². The third-order valence-electron chi connectivity index (χ3n) is 2.34. The zero-order valence-electron chi connectivity index (χ0n) is 7.53. The van der Waals surface area contributed by atoms with Gasteiger partial charge in [0, 0.05) is 13.0 Å². The number of primary amides is 1. The molecule has 0 aromatic rings. The standard InChI is InChI=1S/C8H15N3OS/c9-7(13)3-5-11-4-1-2-6(11)8(10)12/h6H,1-5H2,(H2,9,13)(H2,10,12). The maximum Gasteiger partial charge on any atom is 0.234 e. The molecule has 0 saturated carbocycles. The van der Waals surface area contributed by atoms with E-state index in [9.17, 15) is 4.79 Å². The van der Waals surface area contributed by atoms with Gasteiger partial charge in [0.15, 0.2) is 0 Å². The highest BCUT2D eigenvalue weighted by atomic mass is 32.1. The van der Waals surface area contributed by atoms with Crippen LogP contribution in [0.15, 0.2) is 0 Å². The average molecular weight is 201 g/mol. The molecular formula is C8H15N3OS. The molecule has 0 bridgehead atoms. The fraction of sp³-hybridized carbons (Fsp3) is 0.750. The fourth-order valence-electron chi connectivity index (χ4n) is 1.67. The summed E-state index contributed by atoms with van der Waals surface area (Å²) >= 11 is 4.77. The highest BCUT2D eigenvalue weighted by molar-refractivity contribution is 7.80. The van der Waals surface area contributed by atoms with Crippen LogP contribution in [0.5, 0.6) is 0 Å². The predicted molar refractivity (Wildman–Crippen MR) is 55.2 cm³/mol. The number of hydrogen-bond acceptors (Lipinski definition) is 3. The van der Waals surface area contributed by atoms with Crippen LogP contribution in [0.25, 0.3) is 0 Å². The Kier molecular flexibility index (Phi) is 3.62. The van der Waals surface area contributed by atoms with Crippen molar-refractivity contribution in [1.29, 1.82) is 0 Å². The second-order valence-corrected chi connectivity index (χ2v) is 3.84. The van der Waals surface area contributed by atoms with Crippen LogP contribution < -0.4 is 11.5 Å². The molecule has 1 amide bonds. The van der Waals surface area contributed by atoms with Crippen LogP contribution in [-0.2, 0) is 4.79 Å². The monoisotopic (exact) mass is 201 g/mol. The first-order valence-electron chi connectivity index (χ1n) is 4.43. The second kappa shape index (κ2) is 4.53. The Morgan fingerprint density at radius 2 is 2.23 bits per heavy atom. The van der Waals surface area contributed by atoms with Crippen LogP contribution in [0.2, 0.25) is 0 Å². The summed E-state index contributed by atoms with van der Waals surface area (Å²) in [6.45, 7) is 1.68. The third-order valence-corrected chi connectivity index (χ3v) is 2.54. The lowest BCUT2D eigenvalue weighted by atomic mass is 10.2. The first-order valence-corrected chi connectivity index (χ1v) is 4.83. The van der Waals surface area contributed by atoms with E-state index < -0.39 is 0 Å². The molecule has 1 saturated heterocycles. The number of rotatable bonds is 4. The molecule has 1 aliphatic rings. The predicted octanol–water partition coefficient (Wildman–Crippen LogP) is -0.388. The van der Waals surface area contributed by atoms with E-state index in [0.717, 1.165) is 25.9 Å². The molecular weight excluding hydrogens is 186 g/mol. The molecule has 1 atom stereocenters. The van der Waals surface area contributed by atoms with Crippen LogP contribution in [0, 0.1) is 0 Å². The SMILES string of the molecule is NC(=O)C1CCCN1CCC(N)=S. The first kappa shape index (κ1) is 10.4. The maximum absolute atomic E-state index is 11.0. The maximum atomic E-state index is 11.0. The lowest BCUT2D eigenvalue weighted by Crippen LogP contribution is -2.41. The Morgan fingerprint density at radius 1 is 1.54 bits per heavy atom. The van der Waals surface area contributed by atoms with Gasteiger partial charge in [-0.1, -0.05) is 12.2 Å². The molecule has 4 N–H and O–H groups in total. The number of hydrogen-bond donors (Lipinski definition) is 2. The summed E-state index contributed by atoms with van der Waals surface area (Å²) in [7, 11) is 0. The Bertz CT molecular complexity index is 219. The lowest BCUT2D eigenvalue weighted by Gasteiger charge is -2.20. The van der Waals surface area contributed by atoms with E-state index in [1.165, 1.54) is 0 Å². The summed E-state index contributed by atoms with van der Waals surface area (Å²) in [6, 6.07) is -0.102. The average Bonchev–Trinajstić information content (AvgIpc) is 2.47. The molecule has 1 fully saturated rings. The van der Waals surface area contributed by atoms with Gasteiger partial charge in [0.05, 0.1) is 11.0 Å². The van der Waals surface area contributed by atoms with E-state index in [2.05, 4.69) is 4.90 Å². The molecule has 1 rings (SSSR count). The molecule has 4 nitrogen and oxygen atoms in total. The normalized spacial score (nSPS) is 23.2. The van der Waals surface area contributed by atoms with Gasteiger partial charge in [-0.3, -0.25) is 9.69 Å². The first-order chi connectivity index (χ1) is 6.11. The largest absolute Gasteiger partial charge is 0.393 e. The van der Waals surface area contributed by atoms with Gasteiger partial charge in [0.2, 0.25) is 5.91 Å². The number of carbonyl (C=O) groups is 1. The number of nitrogens with zero attached hydrogens (tertiary/aromatic N) is 1. The Morgan fingerprint density at radius 3 is 2.77 bits per heavy atom. The van der Waals surface area contributed by atoms with Crippen molar-refractivity contribution < 1.29 is 4.79 Å². The van der Waals surface area contributed by atoms with Gasteiger partial charge in [0.25, 0.3) is 0 Å². The molecule has 0 aromatic carbocycles. The van der Waals surface area contributed by atoms with Gasteiger partial charge in [-0.25, -0.2) is 0 Å². The minimum Gasteiger partial charge on any atom is -0.393 e. The molecule has 1 heterocycles. The van der Waals surface area contributed by atoms with Crippen molar-refractivity contribution in [3.63, 3.8) is 0 Å². The fourth-order valence-corrected chi connectivity index (χ4v) is 1.76. The Labute approximate surface area is 83.2 Å². The van der Waals surface area contributed by atoms with Crippen molar-refractivity contribution in [1.82, 2.24) is 4.90 Å². The van der Waals surface area contributed by atoms with Crippen molar-refractivity contribution in [2.45, 2.75) is 25.3 Å². The van der Waals surface area contributed by atoms with Crippen molar-refractivity contribution >= 4 is 23.1 Å². The highest BCUT2D eigenvalue weighted by Crippen LogP contribution is 2.16. The molecule has 1 aliphatic heterocycles. The summed E-state index contributed by atoms with van der Waals surface area (Å²) < 4.78 is 0. The topological polar surface area (TPSA) is 72.4 Å². The molecule has 0 aromatic heterocycles. The lowest BCUT2D eigenvalue weighted by molar-refractivity contribution is -0.122. The van der Waals surface area contributed by atoms with Gasteiger partial charge in [-0.2, -0.15) is 0 Å². The van der Waals surface area contributed by atoms with Gasteiger partial charge in [-0.05, 0) is 19.4 Å². The van der Waals surface area contributed by atoms with Crippen LogP contribution in [0.4, 0.5) is 0 Å². The van der Waals surface area contributed by atoms with Gasteiger partial charge in [0.1, 0.15) is 0 Å². The molecule has 1 unspecified atom stereocenters. The Hall–Kier alpha value is -0.680. The molecule has 0 radical (unpaired) electrons. The van der Waals surface area contributed by atoms with E-state index in [1.54, 1.807) is 0 Å². The molecule has 74 valence electrons. The smallest absolute Gasteiger partial charge is 0.234 e. The van der Waals surface area contributed by atoms with E-state index in [-0.39, 0.29) is 11.9 Å². The van der Waals surface area contributed by atoms with Crippen LogP contribution in [0.3, 0.4) is 0 Å². The van der Waals surface area contributed by atoms with E-state index in [0.29, 0.717) is 11.4 Å². The third kappa shape index (κ3) is 2.93. The summed E-state index contributed by atoms with van der Waals surface area (Å²) in [5.74, 6) is -0.236. The number of amides is 1. The van der Waals surface area contributed by atoms with Crippen molar-refractivity contribution in [2.24, 2.45) is 11.5 Å². The minimum absolute atomic E-state index is 0.102. The van der Waals surface area contributed by atoms with Crippen LogP contribution in [-0.4, -0.2) is 34.9 Å². The van der Waals surface area contributed by atoms with E-state index in [4.69, 9.17) is 23.7 Å².